The molecule has 1 atom stereocenters. The Morgan fingerprint density at radius 2 is 2.13 bits per heavy atom. The molecule has 1 N–H and O–H groups in total. The lowest BCUT2D eigenvalue weighted by Crippen LogP contribution is -2.32. The Morgan fingerprint density at radius 3 is 2.78 bits per heavy atom. The highest BCUT2D eigenvalue weighted by atomic mass is 16.5. The molecule has 1 fully saturated rings. The van der Waals surface area contributed by atoms with Crippen LogP contribution in [0.25, 0.3) is 0 Å². The molecule has 23 heavy (non-hydrogen) atoms. The fourth-order valence-corrected chi connectivity index (χ4v) is 2.60. The number of hydrogen-bond acceptors (Lipinski definition) is 4. The summed E-state index contributed by atoms with van der Waals surface area (Å²) in [6, 6.07) is 5.49. The average Bonchev–Trinajstić information content (AvgIpc) is 2.93. The van der Waals surface area contributed by atoms with Gasteiger partial charge in [0, 0.05) is 26.1 Å². The molecule has 0 spiro atoms. The SMILES string of the molecule is C=CCN1CC(C(=O)NCc2ccc(OC)c(OC)c2)CC1=O. The van der Waals surface area contributed by atoms with Crippen LogP contribution in [0.2, 0.25) is 0 Å². The standard InChI is InChI=1S/C17H22N2O4/c1-4-7-19-11-13(9-16(19)20)17(21)18-10-12-5-6-14(22-2)15(8-12)23-3/h4-6,8,13H,1,7,9-11H2,2-3H3,(H,18,21). The summed E-state index contributed by atoms with van der Waals surface area (Å²) in [7, 11) is 3.14. The molecule has 0 saturated carbocycles. The topological polar surface area (TPSA) is 67.9 Å². The summed E-state index contributed by atoms with van der Waals surface area (Å²) < 4.78 is 10.4. The molecule has 1 aliphatic rings. The molecule has 0 aliphatic carbocycles. The normalized spacial score (nSPS) is 17.0. The van der Waals surface area contributed by atoms with Crippen LogP contribution >= 0.6 is 0 Å². The summed E-state index contributed by atoms with van der Waals surface area (Å²) in [6.07, 6.45) is 1.92. The molecule has 0 radical (unpaired) electrons. The van der Waals surface area contributed by atoms with E-state index in [2.05, 4.69) is 11.9 Å². The molecule has 1 saturated heterocycles. The number of carbonyl (C=O) groups excluding carboxylic acids is 2. The zero-order valence-corrected chi connectivity index (χ0v) is 13.5. The quantitative estimate of drug-likeness (QED) is 0.771. The summed E-state index contributed by atoms with van der Waals surface area (Å²) >= 11 is 0. The number of ether oxygens (including phenoxy) is 2. The molecule has 124 valence electrons. The second-order valence-corrected chi connectivity index (χ2v) is 5.40. The van der Waals surface area contributed by atoms with Crippen molar-refractivity contribution in [2.45, 2.75) is 13.0 Å². The van der Waals surface area contributed by atoms with E-state index >= 15 is 0 Å². The molecule has 1 aliphatic heterocycles. The number of methoxy groups -OCH3 is 2. The Hall–Kier alpha value is -2.50. The minimum absolute atomic E-state index is 0.00355. The predicted molar refractivity (Wildman–Crippen MR) is 86.3 cm³/mol. The summed E-state index contributed by atoms with van der Waals surface area (Å²) in [4.78, 5) is 25.6. The van der Waals surface area contributed by atoms with Crippen molar-refractivity contribution in [1.29, 1.82) is 0 Å². The molecule has 1 aromatic rings. The van der Waals surface area contributed by atoms with Gasteiger partial charge in [-0.15, -0.1) is 6.58 Å². The number of hydrogen-bond donors (Lipinski definition) is 1. The van der Waals surface area contributed by atoms with E-state index in [1.165, 1.54) is 0 Å². The number of amides is 2. The summed E-state index contributed by atoms with van der Waals surface area (Å²) in [5, 5.41) is 2.87. The molecule has 2 rings (SSSR count). The highest BCUT2D eigenvalue weighted by molar-refractivity contribution is 5.89. The number of rotatable bonds is 7. The summed E-state index contributed by atoms with van der Waals surface area (Å²) in [5.74, 6) is 0.843. The van der Waals surface area contributed by atoms with E-state index in [4.69, 9.17) is 9.47 Å². The van der Waals surface area contributed by atoms with Gasteiger partial charge in [-0.05, 0) is 17.7 Å². The number of likely N-dealkylation sites (tertiary alicyclic amines) is 1. The first-order valence-electron chi connectivity index (χ1n) is 7.46. The second kappa shape index (κ2) is 7.67. The maximum atomic E-state index is 12.2. The van der Waals surface area contributed by atoms with Crippen molar-refractivity contribution in [3.63, 3.8) is 0 Å². The smallest absolute Gasteiger partial charge is 0.225 e. The van der Waals surface area contributed by atoms with Gasteiger partial charge in [0.1, 0.15) is 0 Å². The van der Waals surface area contributed by atoms with Crippen molar-refractivity contribution in [2.24, 2.45) is 5.92 Å². The van der Waals surface area contributed by atoms with Gasteiger partial charge in [0.25, 0.3) is 0 Å². The summed E-state index contributed by atoms with van der Waals surface area (Å²) in [6.45, 7) is 4.93. The van der Waals surface area contributed by atoms with Crippen LogP contribution in [0.15, 0.2) is 30.9 Å². The lowest BCUT2D eigenvalue weighted by atomic mass is 10.1. The van der Waals surface area contributed by atoms with E-state index in [1.54, 1.807) is 31.3 Å². The van der Waals surface area contributed by atoms with Crippen LogP contribution in [-0.2, 0) is 16.1 Å². The molecule has 6 nitrogen and oxygen atoms in total. The molecular weight excluding hydrogens is 296 g/mol. The molecule has 0 bridgehead atoms. The monoisotopic (exact) mass is 318 g/mol. The third-order valence-electron chi connectivity index (χ3n) is 3.85. The molecule has 1 aromatic carbocycles. The number of nitrogens with zero attached hydrogens (tertiary/aromatic N) is 1. The van der Waals surface area contributed by atoms with Crippen molar-refractivity contribution in [3.05, 3.63) is 36.4 Å². The Labute approximate surface area is 136 Å². The van der Waals surface area contributed by atoms with Gasteiger partial charge in [-0.1, -0.05) is 12.1 Å². The third-order valence-corrected chi connectivity index (χ3v) is 3.85. The lowest BCUT2D eigenvalue weighted by Gasteiger charge is -2.14. The first-order chi connectivity index (χ1) is 11.1. The molecule has 6 heteroatoms. The second-order valence-electron chi connectivity index (χ2n) is 5.40. The Balaban J connectivity index is 1.92. The van der Waals surface area contributed by atoms with E-state index in [1.807, 2.05) is 12.1 Å². The zero-order chi connectivity index (χ0) is 16.8. The lowest BCUT2D eigenvalue weighted by molar-refractivity contribution is -0.128. The van der Waals surface area contributed by atoms with Gasteiger partial charge >= 0.3 is 0 Å². The van der Waals surface area contributed by atoms with Crippen molar-refractivity contribution >= 4 is 11.8 Å². The van der Waals surface area contributed by atoms with Crippen molar-refractivity contribution in [3.8, 4) is 11.5 Å². The van der Waals surface area contributed by atoms with Gasteiger partial charge in [-0.2, -0.15) is 0 Å². The largest absolute Gasteiger partial charge is 0.493 e. The number of nitrogens with one attached hydrogen (secondary N) is 1. The maximum Gasteiger partial charge on any atom is 0.225 e. The molecule has 0 aromatic heterocycles. The van der Waals surface area contributed by atoms with Crippen LogP contribution < -0.4 is 14.8 Å². The van der Waals surface area contributed by atoms with Gasteiger partial charge in [0.15, 0.2) is 11.5 Å². The fourth-order valence-electron chi connectivity index (χ4n) is 2.60. The number of carbonyl (C=O) groups is 2. The fraction of sp³-hybridized carbons (Fsp3) is 0.412. The van der Waals surface area contributed by atoms with Gasteiger partial charge in [-0.25, -0.2) is 0 Å². The first kappa shape index (κ1) is 16.9. The zero-order valence-electron chi connectivity index (χ0n) is 13.5. The molecule has 1 unspecified atom stereocenters. The minimum Gasteiger partial charge on any atom is -0.493 e. The van der Waals surface area contributed by atoms with Crippen LogP contribution in [0.1, 0.15) is 12.0 Å². The highest BCUT2D eigenvalue weighted by Crippen LogP contribution is 2.27. The van der Waals surface area contributed by atoms with E-state index < -0.39 is 0 Å². The molecule has 2 amide bonds. The van der Waals surface area contributed by atoms with E-state index in [0.717, 1.165) is 5.56 Å². The van der Waals surface area contributed by atoms with Gasteiger partial charge in [0.05, 0.1) is 20.1 Å². The van der Waals surface area contributed by atoms with Gasteiger partial charge in [0.2, 0.25) is 11.8 Å². The molecule has 1 heterocycles. The van der Waals surface area contributed by atoms with Crippen LogP contribution in [0.3, 0.4) is 0 Å². The molecular formula is C17H22N2O4. The van der Waals surface area contributed by atoms with Gasteiger partial charge < -0.3 is 19.7 Å². The van der Waals surface area contributed by atoms with Crippen molar-refractivity contribution in [2.75, 3.05) is 27.3 Å². The minimum atomic E-state index is -0.303. The van der Waals surface area contributed by atoms with Crippen molar-refractivity contribution < 1.29 is 19.1 Å². The van der Waals surface area contributed by atoms with Gasteiger partial charge in [-0.3, -0.25) is 9.59 Å². The summed E-state index contributed by atoms with van der Waals surface area (Å²) in [5.41, 5.74) is 0.906. The predicted octanol–water partition coefficient (Wildman–Crippen LogP) is 1.35. The van der Waals surface area contributed by atoms with Crippen LogP contribution in [0.4, 0.5) is 0 Å². The van der Waals surface area contributed by atoms with Crippen LogP contribution in [0, 0.1) is 5.92 Å². The maximum absolute atomic E-state index is 12.2. The number of benzene rings is 1. The van der Waals surface area contributed by atoms with E-state index in [9.17, 15) is 9.59 Å². The van der Waals surface area contributed by atoms with Crippen LogP contribution in [-0.4, -0.2) is 44.0 Å². The Kier molecular flexibility index (Phi) is 5.62. The van der Waals surface area contributed by atoms with E-state index in [-0.39, 0.29) is 24.2 Å². The third kappa shape index (κ3) is 4.03. The Morgan fingerprint density at radius 1 is 1.39 bits per heavy atom. The Bertz CT molecular complexity index is 600. The van der Waals surface area contributed by atoms with Crippen molar-refractivity contribution in [1.82, 2.24) is 10.2 Å². The van der Waals surface area contributed by atoms with E-state index in [0.29, 0.717) is 31.1 Å². The highest BCUT2D eigenvalue weighted by Gasteiger charge is 2.33. The first-order valence-corrected chi connectivity index (χ1v) is 7.46. The van der Waals surface area contributed by atoms with Crippen LogP contribution in [0.5, 0.6) is 11.5 Å². The average molecular weight is 318 g/mol.